The minimum absolute atomic E-state index is 0.176. The quantitative estimate of drug-likeness (QED) is 0.879. The topological polar surface area (TPSA) is 55.1 Å². The molecule has 1 amide bonds. The van der Waals surface area contributed by atoms with Crippen molar-refractivity contribution in [2.45, 2.75) is 19.8 Å². The molecule has 0 aliphatic rings. The molecule has 0 heterocycles. The second-order valence-corrected chi connectivity index (χ2v) is 4.77. The van der Waals surface area contributed by atoms with Gasteiger partial charge < -0.3 is 11.1 Å². The van der Waals surface area contributed by atoms with Gasteiger partial charge in [0.15, 0.2) is 0 Å². The van der Waals surface area contributed by atoms with Crippen LogP contribution in [0.25, 0.3) is 0 Å². The molecule has 3 N–H and O–H groups in total. The molecule has 0 radical (unpaired) electrons. The van der Waals surface area contributed by atoms with Gasteiger partial charge in [0.2, 0.25) is 5.91 Å². The highest BCUT2D eigenvalue weighted by Gasteiger charge is 2.15. The average molecular weight is 303 g/mol. The van der Waals surface area contributed by atoms with Gasteiger partial charge in [-0.2, -0.15) is 0 Å². The van der Waals surface area contributed by atoms with Gasteiger partial charge in [0.25, 0.3) is 0 Å². The summed E-state index contributed by atoms with van der Waals surface area (Å²) in [6.45, 7) is 2.36. The summed E-state index contributed by atoms with van der Waals surface area (Å²) in [4.78, 5) is 11.8. The van der Waals surface area contributed by atoms with E-state index in [4.69, 9.17) is 5.73 Å². The first-order valence-corrected chi connectivity index (χ1v) is 6.30. The fourth-order valence-electron chi connectivity index (χ4n) is 1.42. The first-order chi connectivity index (χ1) is 8.06. The lowest BCUT2D eigenvalue weighted by atomic mass is 10.0. The Morgan fingerprint density at radius 1 is 1.59 bits per heavy atom. The predicted molar refractivity (Wildman–Crippen MR) is 70.2 cm³/mol. The Balaban J connectivity index is 2.68. The van der Waals surface area contributed by atoms with Gasteiger partial charge >= 0.3 is 0 Å². The van der Waals surface area contributed by atoms with Crippen LogP contribution in [-0.4, -0.2) is 12.5 Å². The fourth-order valence-corrected chi connectivity index (χ4v) is 1.86. The van der Waals surface area contributed by atoms with Gasteiger partial charge in [0.1, 0.15) is 5.82 Å². The Kier molecular flexibility index (Phi) is 5.58. The molecule has 0 spiro atoms. The maximum absolute atomic E-state index is 13.5. The number of amides is 1. The third-order valence-electron chi connectivity index (χ3n) is 2.50. The second kappa shape index (κ2) is 6.71. The molecular formula is C12H16BrFN2O. The molecule has 0 saturated heterocycles. The molecule has 0 saturated carbocycles. The van der Waals surface area contributed by atoms with Gasteiger partial charge in [-0.3, -0.25) is 4.79 Å². The first-order valence-electron chi connectivity index (χ1n) is 5.51. The Morgan fingerprint density at radius 2 is 2.29 bits per heavy atom. The molecule has 0 bridgehead atoms. The van der Waals surface area contributed by atoms with E-state index < -0.39 is 5.82 Å². The number of halogens is 2. The Morgan fingerprint density at radius 3 is 2.88 bits per heavy atom. The largest absolute Gasteiger partial charge is 0.330 e. The monoisotopic (exact) mass is 302 g/mol. The highest BCUT2D eigenvalue weighted by molar-refractivity contribution is 9.10. The Hall–Kier alpha value is -0.940. The van der Waals surface area contributed by atoms with Crippen molar-refractivity contribution in [2.75, 3.05) is 11.9 Å². The van der Waals surface area contributed by atoms with E-state index in [1.807, 2.05) is 0 Å². The van der Waals surface area contributed by atoms with Gasteiger partial charge in [0, 0.05) is 10.4 Å². The number of nitrogens with two attached hydrogens (primary N) is 1. The zero-order chi connectivity index (χ0) is 12.8. The smallest absolute Gasteiger partial charge is 0.227 e. The summed E-state index contributed by atoms with van der Waals surface area (Å²) in [6.07, 6.45) is 1.49. The van der Waals surface area contributed by atoms with Gasteiger partial charge in [-0.1, -0.05) is 13.0 Å². The standard InChI is InChI=1S/C12H16BrFN2O/c1-8(4-3-7-15)12(17)16-11-9(13)5-2-6-10(11)14/h2,5-6,8H,3-4,7,15H2,1H3,(H,16,17). The van der Waals surface area contributed by atoms with Crippen molar-refractivity contribution in [3.8, 4) is 0 Å². The van der Waals surface area contributed by atoms with Crippen LogP contribution < -0.4 is 11.1 Å². The molecule has 94 valence electrons. The third kappa shape index (κ3) is 4.09. The fraction of sp³-hybridized carbons (Fsp3) is 0.417. The molecule has 0 aromatic heterocycles. The minimum Gasteiger partial charge on any atom is -0.330 e. The lowest BCUT2D eigenvalue weighted by Crippen LogP contribution is -2.22. The van der Waals surface area contributed by atoms with E-state index in [0.717, 1.165) is 6.42 Å². The number of hydrogen-bond donors (Lipinski definition) is 2. The van der Waals surface area contributed by atoms with Crippen molar-refractivity contribution in [1.82, 2.24) is 0 Å². The van der Waals surface area contributed by atoms with Gasteiger partial charge in [-0.25, -0.2) is 4.39 Å². The summed E-state index contributed by atoms with van der Waals surface area (Å²) in [6, 6.07) is 4.57. The van der Waals surface area contributed by atoms with Crippen molar-refractivity contribution in [2.24, 2.45) is 11.7 Å². The molecule has 0 aliphatic heterocycles. The van der Waals surface area contributed by atoms with E-state index in [9.17, 15) is 9.18 Å². The molecule has 0 aliphatic carbocycles. The molecule has 1 aromatic carbocycles. The van der Waals surface area contributed by atoms with Crippen molar-refractivity contribution in [1.29, 1.82) is 0 Å². The highest BCUT2D eigenvalue weighted by atomic mass is 79.9. The Labute approximate surface area is 109 Å². The van der Waals surface area contributed by atoms with Gasteiger partial charge in [-0.05, 0) is 47.4 Å². The van der Waals surface area contributed by atoms with Crippen LogP contribution in [0.15, 0.2) is 22.7 Å². The zero-order valence-corrected chi connectivity index (χ0v) is 11.3. The van der Waals surface area contributed by atoms with Crippen LogP contribution in [0.5, 0.6) is 0 Å². The molecule has 17 heavy (non-hydrogen) atoms. The SMILES string of the molecule is CC(CCCN)C(=O)Nc1c(F)cccc1Br. The van der Waals surface area contributed by atoms with Crippen molar-refractivity contribution in [3.05, 3.63) is 28.5 Å². The van der Waals surface area contributed by atoms with Crippen molar-refractivity contribution < 1.29 is 9.18 Å². The number of carbonyl (C=O) groups excluding carboxylic acids is 1. The van der Waals surface area contributed by atoms with Crippen molar-refractivity contribution in [3.63, 3.8) is 0 Å². The van der Waals surface area contributed by atoms with Crippen LogP contribution in [-0.2, 0) is 4.79 Å². The summed E-state index contributed by atoms with van der Waals surface area (Å²) < 4.78 is 14.0. The molecule has 1 aromatic rings. The van der Waals surface area contributed by atoms with E-state index in [2.05, 4.69) is 21.2 Å². The maximum Gasteiger partial charge on any atom is 0.227 e. The molecular weight excluding hydrogens is 287 g/mol. The number of anilines is 1. The summed E-state index contributed by atoms with van der Waals surface area (Å²) in [7, 11) is 0. The Bertz CT molecular complexity index is 378. The number of carbonyl (C=O) groups is 1. The molecule has 1 unspecified atom stereocenters. The number of para-hydroxylation sites is 1. The van der Waals surface area contributed by atoms with Crippen molar-refractivity contribution >= 4 is 27.5 Å². The molecule has 1 rings (SSSR count). The summed E-state index contributed by atoms with van der Waals surface area (Å²) in [5.41, 5.74) is 5.57. The molecule has 0 fully saturated rings. The van der Waals surface area contributed by atoms with E-state index in [1.165, 1.54) is 6.07 Å². The normalized spacial score (nSPS) is 12.2. The first kappa shape index (κ1) is 14.1. The lowest BCUT2D eigenvalue weighted by molar-refractivity contribution is -0.119. The van der Waals surface area contributed by atoms with Crippen LogP contribution in [0.1, 0.15) is 19.8 Å². The molecule has 3 nitrogen and oxygen atoms in total. The molecule has 5 heteroatoms. The van der Waals surface area contributed by atoms with Crippen LogP contribution in [0.4, 0.5) is 10.1 Å². The van der Waals surface area contributed by atoms with Crippen LogP contribution in [0, 0.1) is 11.7 Å². The maximum atomic E-state index is 13.5. The summed E-state index contributed by atoms with van der Waals surface area (Å²) in [5.74, 6) is -0.812. The van der Waals surface area contributed by atoms with Gasteiger partial charge in [0.05, 0.1) is 5.69 Å². The van der Waals surface area contributed by atoms with E-state index in [1.54, 1.807) is 19.1 Å². The zero-order valence-electron chi connectivity index (χ0n) is 9.67. The number of rotatable bonds is 5. The van der Waals surface area contributed by atoms with E-state index in [-0.39, 0.29) is 17.5 Å². The van der Waals surface area contributed by atoms with E-state index in [0.29, 0.717) is 17.4 Å². The summed E-state index contributed by atoms with van der Waals surface area (Å²) >= 11 is 3.20. The van der Waals surface area contributed by atoms with Gasteiger partial charge in [-0.15, -0.1) is 0 Å². The van der Waals surface area contributed by atoms with Crippen LogP contribution in [0.3, 0.4) is 0 Å². The number of hydrogen-bond acceptors (Lipinski definition) is 2. The number of benzene rings is 1. The van der Waals surface area contributed by atoms with Crippen LogP contribution >= 0.6 is 15.9 Å². The highest BCUT2D eigenvalue weighted by Crippen LogP contribution is 2.25. The third-order valence-corrected chi connectivity index (χ3v) is 3.16. The molecule has 1 atom stereocenters. The second-order valence-electron chi connectivity index (χ2n) is 3.92. The number of nitrogens with one attached hydrogen (secondary N) is 1. The van der Waals surface area contributed by atoms with E-state index >= 15 is 0 Å². The average Bonchev–Trinajstić information content (AvgIpc) is 2.30. The van der Waals surface area contributed by atoms with Crippen LogP contribution in [0.2, 0.25) is 0 Å². The lowest BCUT2D eigenvalue weighted by Gasteiger charge is -2.13. The predicted octanol–water partition coefficient (Wildman–Crippen LogP) is 2.90. The minimum atomic E-state index is -0.446. The summed E-state index contributed by atoms with van der Waals surface area (Å²) in [5, 5.41) is 2.59.